The van der Waals surface area contributed by atoms with Gasteiger partial charge in [0.15, 0.2) is 0 Å². The SMILES string of the molecule is NC(=O)[C@H](NC(=O)C[C@H]1C=CCC1)c1ccccc1. The lowest BCUT2D eigenvalue weighted by atomic mass is 10.0. The molecule has 1 aliphatic rings. The third kappa shape index (κ3) is 3.68. The van der Waals surface area contributed by atoms with Crippen molar-refractivity contribution in [2.75, 3.05) is 0 Å². The molecule has 1 aromatic rings. The Morgan fingerprint density at radius 2 is 2.05 bits per heavy atom. The highest BCUT2D eigenvalue weighted by Gasteiger charge is 2.21. The van der Waals surface area contributed by atoms with Gasteiger partial charge in [0.2, 0.25) is 11.8 Å². The second kappa shape index (κ2) is 6.18. The molecule has 2 amide bonds. The maximum absolute atomic E-state index is 11.9. The van der Waals surface area contributed by atoms with Crippen LogP contribution in [-0.4, -0.2) is 11.8 Å². The first-order valence-electron chi connectivity index (χ1n) is 6.47. The lowest BCUT2D eigenvalue weighted by molar-refractivity contribution is -0.127. The van der Waals surface area contributed by atoms with Gasteiger partial charge in [0, 0.05) is 6.42 Å². The fourth-order valence-electron chi connectivity index (χ4n) is 2.29. The molecule has 0 bridgehead atoms. The predicted molar refractivity (Wildman–Crippen MR) is 73.0 cm³/mol. The molecular weight excluding hydrogens is 240 g/mol. The van der Waals surface area contributed by atoms with Crippen molar-refractivity contribution in [3.05, 3.63) is 48.0 Å². The Bertz CT molecular complexity index is 482. The number of nitrogens with two attached hydrogens (primary N) is 1. The van der Waals surface area contributed by atoms with Crippen LogP contribution in [-0.2, 0) is 9.59 Å². The predicted octanol–water partition coefficient (Wildman–Crippen LogP) is 1.69. The van der Waals surface area contributed by atoms with Gasteiger partial charge < -0.3 is 11.1 Å². The van der Waals surface area contributed by atoms with Crippen molar-refractivity contribution in [2.45, 2.75) is 25.3 Å². The van der Waals surface area contributed by atoms with Gasteiger partial charge in [0.1, 0.15) is 6.04 Å². The van der Waals surface area contributed by atoms with Crippen molar-refractivity contribution in [1.29, 1.82) is 0 Å². The number of allylic oxidation sites excluding steroid dienone is 2. The molecule has 1 aromatic carbocycles. The molecule has 0 unspecified atom stereocenters. The van der Waals surface area contributed by atoms with Crippen LogP contribution in [0.5, 0.6) is 0 Å². The minimum Gasteiger partial charge on any atom is -0.368 e. The highest BCUT2D eigenvalue weighted by Crippen LogP contribution is 2.21. The minimum atomic E-state index is -0.751. The Hall–Kier alpha value is -2.10. The number of hydrogen-bond acceptors (Lipinski definition) is 2. The number of amides is 2. The Kier molecular flexibility index (Phi) is 4.34. The highest BCUT2D eigenvalue weighted by atomic mass is 16.2. The van der Waals surface area contributed by atoms with E-state index in [-0.39, 0.29) is 11.8 Å². The lowest BCUT2D eigenvalue weighted by Crippen LogP contribution is -2.37. The zero-order valence-corrected chi connectivity index (χ0v) is 10.7. The molecule has 2 rings (SSSR count). The van der Waals surface area contributed by atoms with E-state index in [1.165, 1.54) is 0 Å². The highest BCUT2D eigenvalue weighted by molar-refractivity contribution is 5.87. The molecule has 0 aromatic heterocycles. The third-order valence-electron chi connectivity index (χ3n) is 3.28. The number of nitrogens with one attached hydrogen (secondary N) is 1. The number of rotatable bonds is 5. The monoisotopic (exact) mass is 258 g/mol. The Morgan fingerprint density at radius 1 is 1.32 bits per heavy atom. The van der Waals surface area contributed by atoms with Gasteiger partial charge in [-0.25, -0.2) is 0 Å². The summed E-state index contributed by atoms with van der Waals surface area (Å²) in [7, 11) is 0. The molecule has 3 N–H and O–H groups in total. The Labute approximate surface area is 112 Å². The maximum atomic E-state index is 11.9. The first-order chi connectivity index (χ1) is 9.16. The van der Waals surface area contributed by atoms with E-state index in [1.54, 1.807) is 12.1 Å². The zero-order valence-electron chi connectivity index (χ0n) is 10.7. The molecule has 0 fully saturated rings. The number of hydrogen-bond donors (Lipinski definition) is 2. The summed E-state index contributed by atoms with van der Waals surface area (Å²) < 4.78 is 0. The quantitative estimate of drug-likeness (QED) is 0.789. The number of carbonyl (C=O) groups excluding carboxylic acids is 2. The van der Waals surface area contributed by atoms with Crippen LogP contribution in [0.4, 0.5) is 0 Å². The van der Waals surface area contributed by atoms with E-state index >= 15 is 0 Å². The summed E-state index contributed by atoms with van der Waals surface area (Å²) >= 11 is 0. The molecule has 1 aliphatic carbocycles. The second-order valence-electron chi connectivity index (χ2n) is 4.78. The van der Waals surface area contributed by atoms with Crippen LogP contribution >= 0.6 is 0 Å². The average Bonchev–Trinajstić information content (AvgIpc) is 2.89. The van der Waals surface area contributed by atoms with Crippen molar-refractivity contribution >= 4 is 11.8 Å². The van der Waals surface area contributed by atoms with E-state index in [1.807, 2.05) is 18.2 Å². The summed E-state index contributed by atoms with van der Waals surface area (Å²) in [5, 5.41) is 2.71. The molecule has 4 heteroatoms. The van der Waals surface area contributed by atoms with Crippen LogP contribution in [0, 0.1) is 5.92 Å². The molecule has 0 saturated carbocycles. The summed E-state index contributed by atoms with van der Waals surface area (Å²) in [4.78, 5) is 23.4. The van der Waals surface area contributed by atoms with Crippen LogP contribution < -0.4 is 11.1 Å². The first kappa shape index (κ1) is 13.3. The maximum Gasteiger partial charge on any atom is 0.244 e. The van der Waals surface area contributed by atoms with E-state index in [2.05, 4.69) is 17.5 Å². The van der Waals surface area contributed by atoms with E-state index in [0.29, 0.717) is 12.0 Å². The molecular formula is C15H18N2O2. The van der Waals surface area contributed by atoms with Gasteiger partial charge in [-0.1, -0.05) is 42.5 Å². The Morgan fingerprint density at radius 3 is 2.63 bits per heavy atom. The molecule has 0 radical (unpaired) electrons. The number of primary amides is 1. The van der Waals surface area contributed by atoms with Crippen LogP contribution in [0.1, 0.15) is 30.9 Å². The standard InChI is InChI=1S/C15H18N2O2/c16-15(19)14(12-8-2-1-3-9-12)17-13(18)10-11-6-4-5-7-11/h1-4,6,8-9,11,14H,5,7,10H2,(H2,16,19)(H,17,18)/t11-,14+/m0/s1. The summed E-state index contributed by atoms with van der Waals surface area (Å²) in [5.41, 5.74) is 6.07. The van der Waals surface area contributed by atoms with E-state index in [9.17, 15) is 9.59 Å². The molecule has 0 saturated heterocycles. The molecule has 100 valence electrons. The third-order valence-corrected chi connectivity index (χ3v) is 3.28. The van der Waals surface area contributed by atoms with E-state index in [4.69, 9.17) is 5.73 Å². The second-order valence-corrected chi connectivity index (χ2v) is 4.78. The molecule has 2 atom stereocenters. The normalized spacial score (nSPS) is 19.1. The van der Waals surface area contributed by atoms with Crippen molar-refractivity contribution in [3.63, 3.8) is 0 Å². The molecule has 0 spiro atoms. The van der Waals surface area contributed by atoms with Crippen molar-refractivity contribution < 1.29 is 9.59 Å². The van der Waals surface area contributed by atoms with E-state index in [0.717, 1.165) is 12.8 Å². The number of benzene rings is 1. The van der Waals surface area contributed by atoms with E-state index < -0.39 is 11.9 Å². The van der Waals surface area contributed by atoms with Gasteiger partial charge in [-0.2, -0.15) is 0 Å². The molecule has 4 nitrogen and oxygen atoms in total. The summed E-state index contributed by atoms with van der Waals surface area (Å²) in [6.45, 7) is 0. The fourth-order valence-corrected chi connectivity index (χ4v) is 2.29. The smallest absolute Gasteiger partial charge is 0.244 e. The largest absolute Gasteiger partial charge is 0.368 e. The lowest BCUT2D eigenvalue weighted by Gasteiger charge is -2.17. The molecule has 19 heavy (non-hydrogen) atoms. The van der Waals surface area contributed by atoms with Gasteiger partial charge >= 0.3 is 0 Å². The van der Waals surface area contributed by atoms with Crippen molar-refractivity contribution in [3.8, 4) is 0 Å². The summed E-state index contributed by atoms with van der Waals surface area (Å²) in [6, 6.07) is 8.30. The van der Waals surface area contributed by atoms with Gasteiger partial charge in [-0.3, -0.25) is 9.59 Å². The van der Waals surface area contributed by atoms with Crippen LogP contribution in [0.2, 0.25) is 0 Å². The van der Waals surface area contributed by atoms with Crippen LogP contribution in [0.15, 0.2) is 42.5 Å². The summed E-state index contributed by atoms with van der Waals surface area (Å²) in [5.74, 6) is -0.394. The van der Waals surface area contributed by atoms with Crippen molar-refractivity contribution in [2.24, 2.45) is 11.7 Å². The average molecular weight is 258 g/mol. The number of carbonyl (C=O) groups is 2. The zero-order chi connectivity index (χ0) is 13.7. The first-order valence-corrected chi connectivity index (χ1v) is 6.47. The van der Waals surface area contributed by atoms with Crippen LogP contribution in [0.25, 0.3) is 0 Å². The summed E-state index contributed by atoms with van der Waals surface area (Å²) in [6.07, 6.45) is 6.57. The van der Waals surface area contributed by atoms with Crippen LogP contribution in [0.3, 0.4) is 0 Å². The van der Waals surface area contributed by atoms with Gasteiger partial charge in [-0.05, 0) is 24.3 Å². The topological polar surface area (TPSA) is 72.2 Å². The van der Waals surface area contributed by atoms with Crippen molar-refractivity contribution in [1.82, 2.24) is 5.32 Å². The minimum absolute atomic E-state index is 0.135. The van der Waals surface area contributed by atoms with Gasteiger partial charge in [0.05, 0.1) is 0 Å². The van der Waals surface area contributed by atoms with Gasteiger partial charge in [-0.15, -0.1) is 0 Å². The Balaban J connectivity index is 1.99. The molecule has 0 aliphatic heterocycles. The molecule has 0 heterocycles. The fraction of sp³-hybridized carbons (Fsp3) is 0.333. The van der Waals surface area contributed by atoms with Gasteiger partial charge in [0.25, 0.3) is 0 Å².